The highest BCUT2D eigenvalue weighted by atomic mass is 32.2. The van der Waals surface area contributed by atoms with Crippen LogP contribution in [0.25, 0.3) is 0 Å². The lowest BCUT2D eigenvalue weighted by molar-refractivity contribution is 0.565. The zero-order chi connectivity index (χ0) is 13.6. The van der Waals surface area contributed by atoms with Crippen molar-refractivity contribution >= 4 is 10.0 Å². The van der Waals surface area contributed by atoms with E-state index in [1.54, 1.807) is 19.1 Å². The first-order valence-electron chi connectivity index (χ1n) is 6.27. The summed E-state index contributed by atoms with van der Waals surface area (Å²) in [7, 11) is -3.47. The molecule has 0 amide bonds. The molecule has 2 N–H and O–H groups in total. The third-order valence-electron chi connectivity index (χ3n) is 4.01. The smallest absolute Gasteiger partial charge is 0.240 e. The Kier molecular flexibility index (Phi) is 2.86. The number of nitriles is 1. The van der Waals surface area contributed by atoms with Gasteiger partial charge in [0.2, 0.25) is 10.0 Å². The highest BCUT2D eigenvalue weighted by Crippen LogP contribution is 2.42. The molecule has 6 heteroatoms. The fourth-order valence-electron chi connectivity index (χ4n) is 2.77. The van der Waals surface area contributed by atoms with Crippen LogP contribution in [0.3, 0.4) is 0 Å². The van der Waals surface area contributed by atoms with Crippen LogP contribution in [0.1, 0.15) is 11.1 Å². The molecule has 0 aromatic heterocycles. The standard InChI is InChI=1S/C13H15N3O2S/c1-8-4-10(3-2-9(8)5-14)19(17,18)16-13-11-6-15-7-12(11)13/h2-4,11-13,15-16H,6-7H2,1H3. The Morgan fingerprint density at radius 2 is 2.05 bits per heavy atom. The summed E-state index contributed by atoms with van der Waals surface area (Å²) in [5.41, 5.74) is 1.19. The number of sulfonamides is 1. The van der Waals surface area contributed by atoms with Crippen molar-refractivity contribution in [3.63, 3.8) is 0 Å². The molecule has 2 atom stereocenters. The van der Waals surface area contributed by atoms with Gasteiger partial charge < -0.3 is 5.32 Å². The lowest BCUT2D eigenvalue weighted by Crippen LogP contribution is -2.32. The summed E-state index contributed by atoms with van der Waals surface area (Å²) >= 11 is 0. The minimum absolute atomic E-state index is 0.0715. The van der Waals surface area contributed by atoms with E-state index < -0.39 is 10.0 Å². The summed E-state index contributed by atoms with van der Waals surface area (Å²) in [6, 6.07) is 6.71. The zero-order valence-electron chi connectivity index (χ0n) is 10.6. The highest BCUT2D eigenvalue weighted by molar-refractivity contribution is 7.89. The Bertz CT molecular complexity index is 653. The molecule has 1 aromatic rings. The van der Waals surface area contributed by atoms with Crippen LogP contribution in [0.15, 0.2) is 23.1 Å². The lowest BCUT2D eigenvalue weighted by Gasteiger charge is -2.09. The van der Waals surface area contributed by atoms with Crippen molar-refractivity contribution in [2.24, 2.45) is 11.8 Å². The van der Waals surface area contributed by atoms with E-state index in [9.17, 15) is 8.42 Å². The van der Waals surface area contributed by atoms with Crippen molar-refractivity contribution in [3.05, 3.63) is 29.3 Å². The number of piperidine rings is 1. The van der Waals surface area contributed by atoms with E-state index in [-0.39, 0.29) is 10.9 Å². The number of nitrogens with zero attached hydrogens (tertiary/aromatic N) is 1. The molecule has 0 radical (unpaired) electrons. The largest absolute Gasteiger partial charge is 0.316 e. The third-order valence-corrected chi connectivity index (χ3v) is 5.47. The van der Waals surface area contributed by atoms with Crippen LogP contribution in [0.4, 0.5) is 0 Å². The van der Waals surface area contributed by atoms with Gasteiger partial charge in [-0.25, -0.2) is 13.1 Å². The number of fused-ring (bicyclic) bond motifs is 1. The molecular weight excluding hydrogens is 262 g/mol. The second-order valence-corrected chi connectivity index (χ2v) is 6.94. The minimum atomic E-state index is -3.47. The molecule has 1 heterocycles. The number of hydrogen-bond acceptors (Lipinski definition) is 4. The minimum Gasteiger partial charge on any atom is -0.316 e. The number of hydrogen-bond donors (Lipinski definition) is 2. The van der Waals surface area contributed by atoms with E-state index in [1.807, 2.05) is 6.07 Å². The van der Waals surface area contributed by atoms with Gasteiger partial charge in [0.1, 0.15) is 0 Å². The van der Waals surface area contributed by atoms with Gasteiger partial charge in [-0.05, 0) is 55.6 Å². The van der Waals surface area contributed by atoms with Crippen LogP contribution in [-0.4, -0.2) is 27.5 Å². The summed E-state index contributed by atoms with van der Waals surface area (Å²) in [6.45, 7) is 3.53. The van der Waals surface area contributed by atoms with E-state index in [0.717, 1.165) is 13.1 Å². The third kappa shape index (κ3) is 2.14. The average molecular weight is 277 g/mol. The van der Waals surface area contributed by atoms with Crippen molar-refractivity contribution in [2.75, 3.05) is 13.1 Å². The van der Waals surface area contributed by atoms with Gasteiger partial charge in [0.05, 0.1) is 16.5 Å². The molecule has 100 valence electrons. The van der Waals surface area contributed by atoms with E-state index >= 15 is 0 Å². The van der Waals surface area contributed by atoms with Gasteiger partial charge in [-0.1, -0.05) is 0 Å². The molecule has 2 unspecified atom stereocenters. The maximum absolute atomic E-state index is 12.3. The molecule has 19 heavy (non-hydrogen) atoms. The summed E-state index contributed by atoms with van der Waals surface area (Å²) in [5.74, 6) is 0.878. The Balaban J connectivity index is 1.81. The molecule has 5 nitrogen and oxygen atoms in total. The Morgan fingerprint density at radius 3 is 2.63 bits per heavy atom. The van der Waals surface area contributed by atoms with Gasteiger partial charge in [0.25, 0.3) is 0 Å². The van der Waals surface area contributed by atoms with Crippen molar-refractivity contribution < 1.29 is 8.42 Å². The maximum Gasteiger partial charge on any atom is 0.240 e. The van der Waals surface area contributed by atoms with Crippen molar-refractivity contribution in [2.45, 2.75) is 17.9 Å². The zero-order valence-corrected chi connectivity index (χ0v) is 11.4. The van der Waals surface area contributed by atoms with E-state index in [0.29, 0.717) is 23.0 Å². The van der Waals surface area contributed by atoms with Gasteiger partial charge in [0.15, 0.2) is 0 Å². The summed E-state index contributed by atoms with van der Waals surface area (Å²) < 4.78 is 27.3. The molecule has 2 fully saturated rings. The summed E-state index contributed by atoms with van der Waals surface area (Å²) in [5, 5.41) is 12.1. The Labute approximate surface area is 112 Å². The van der Waals surface area contributed by atoms with Gasteiger partial charge >= 0.3 is 0 Å². The first-order chi connectivity index (χ1) is 9.03. The first-order valence-corrected chi connectivity index (χ1v) is 7.75. The predicted octanol–water partition coefficient (Wildman–Crippen LogP) is 0.363. The second-order valence-electron chi connectivity index (χ2n) is 5.22. The fourth-order valence-corrected chi connectivity index (χ4v) is 4.19. The number of nitrogens with one attached hydrogen (secondary N) is 2. The van der Waals surface area contributed by atoms with Crippen molar-refractivity contribution in [3.8, 4) is 6.07 Å². The quantitative estimate of drug-likeness (QED) is 0.836. The van der Waals surface area contributed by atoms with Gasteiger partial charge in [0, 0.05) is 6.04 Å². The van der Waals surface area contributed by atoms with Crippen molar-refractivity contribution in [1.29, 1.82) is 5.26 Å². The maximum atomic E-state index is 12.3. The monoisotopic (exact) mass is 277 g/mol. The van der Waals surface area contributed by atoms with Gasteiger partial charge in [-0.15, -0.1) is 0 Å². The summed E-state index contributed by atoms with van der Waals surface area (Å²) in [4.78, 5) is 0.238. The number of rotatable bonds is 3. The van der Waals surface area contributed by atoms with Crippen LogP contribution in [0.5, 0.6) is 0 Å². The topological polar surface area (TPSA) is 82.0 Å². The normalized spacial score (nSPS) is 28.7. The van der Waals surface area contributed by atoms with Crippen LogP contribution in [0.2, 0.25) is 0 Å². The Morgan fingerprint density at radius 1 is 1.37 bits per heavy atom. The van der Waals surface area contributed by atoms with Crippen LogP contribution >= 0.6 is 0 Å². The molecule has 0 spiro atoms. The molecule has 1 aromatic carbocycles. The molecule has 1 aliphatic carbocycles. The fraction of sp³-hybridized carbons (Fsp3) is 0.462. The van der Waals surface area contributed by atoms with Crippen LogP contribution in [-0.2, 0) is 10.0 Å². The average Bonchev–Trinajstić information content (AvgIpc) is 2.82. The van der Waals surface area contributed by atoms with E-state index in [4.69, 9.17) is 5.26 Å². The molecule has 1 aliphatic heterocycles. The molecule has 1 saturated heterocycles. The molecule has 2 aliphatic rings. The Hall–Kier alpha value is -1.42. The van der Waals surface area contributed by atoms with Gasteiger partial charge in [-0.3, -0.25) is 0 Å². The second kappa shape index (κ2) is 4.30. The van der Waals surface area contributed by atoms with Gasteiger partial charge in [-0.2, -0.15) is 5.26 Å². The van der Waals surface area contributed by atoms with Crippen LogP contribution < -0.4 is 10.0 Å². The predicted molar refractivity (Wildman–Crippen MR) is 69.9 cm³/mol. The SMILES string of the molecule is Cc1cc(S(=O)(=O)NC2C3CNCC32)ccc1C#N. The van der Waals surface area contributed by atoms with Crippen molar-refractivity contribution in [1.82, 2.24) is 10.0 Å². The van der Waals surface area contributed by atoms with E-state index in [2.05, 4.69) is 10.0 Å². The highest BCUT2D eigenvalue weighted by Gasteiger charge is 2.54. The summed E-state index contributed by atoms with van der Waals surface area (Å²) in [6.07, 6.45) is 0. The van der Waals surface area contributed by atoms with E-state index in [1.165, 1.54) is 6.07 Å². The molecular formula is C13H15N3O2S. The number of benzene rings is 1. The van der Waals surface area contributed by atoms with Crippen LogP contribution in [0, 0.1) is 30.1 Å². The molecule has 0 bridgehead atoms. The molecule has 1 saturated carbocycles. The molecule has 3 rings (SSSR count). The lowest BCUT2D eigenvalue weighted by atomic mass is 10.1. The number of aryl methyl sites for hydroxylation is 1. The first kappa shape index (κ1) is 12.6.